The number of rotatable bonds is 6. The van der Waals surface area contributed by atoms with Crippen LogP contribution in [0.3, 0.4) is 0 Å². The summed E-state index contributed by atoms with van der Waals surface area (Å²) < 4.78 is 1.65. The Hall–Kier alpha value is -1.86. The first-order valence-electron chi connectivity index (χ1n) is 8.77. The third-order valence-electron chi connectivity index (χ3n) is 4.40. The topological polar surface area (TPSA) is 71.8 Å². The Balaban J connectivity index is 1.65. The zero-order valence-electron chi connectivity index (χ0n) is 14.8. The maximum absolute atomic E-state index is 12.5. The Morgan fingerprint density at radius 3 is 2.72 bits per heavy atom. The molecule has 0 unspecified atom stereocenters. The van der Waals surface area contributed by atoms with Crippen LogP contribution in [0.2, 0.25) is 0 Å². The quantitative estimate of drug-likeness (QED) is 0.830. The number of hydrogen-bond acceptors (Lipinski definition) is 5. The fourth-order valence-electron chi connectivity index (χ4n) is 2.91. The predicted octanol–water partition coefficient (Wildman–Crippen LogP) is 2.79. The number of nitrogens with one attached hydrogen (secondary N) is 2. The van der Waals surface area contributed by atoms with Gasteiger partial charge in [-0.05, 0) is 49.4 Å². The molecule has 0 spiro atoms. The van der Waals surface area contributed by atoms with E-state index in [1.807, 2.05) is 43.1 Å². The Bertz CT molecular complexity index is 707. The summed E-state index contributed by atoms with van der Waals surface area (Å²) in [5, 5.41) is 10.7. The number of hydrogen-bond donors (Lipinski definition) is 2. The molecule has 1 aliphatic rings. The van der Waals surface area contributed by atoms with Crippen LogP contribution >= 0.6 is 11.8 Å². The Kier molecular flexibility index (Phi) is 6.09. The van der Waals surface area contributed by atoms with Gasteiger partial charge in [-0.3, -0.25) is 10.1 Å². The molecule has 0 aliphatic carbocycles. The normalized spacial score (nSPS) is 15.3. The van der Waals surface area contributed by atoms with Crippen molar-refractivity contribution in [1.29, 1.82) is 0 Å². The van der Waals surface area contributed by atoms with Crippen molar-refractivity contribution in [1.82, 2.24) is 20.1 Å². The molecule has 7 heteroatoms. The highest BCUT2D eigenvalue weighted by molar-refractivity contribution is 7.98. The standard InChI is InChI=1S/C18H25N5OS/c1-3-25-12-13-4-6-15(7-5-13)17(24)21-18-20-16(22-23(18)2)14-8-10-19-11-9-14/h4-7,14,19H,3,8-12H2,1-2H3,(H,20,21,22,24). The van der Waals surface area contributed by atoms with Crippen molar-refractivity contribution in [2.24, 2.45) is 7.05 Å². The molecule has 1 aromatic heterocycles. The number of piperidine rings is 1. The van der Waals surface area contributed by atoms with Crippen LogP contribution in [0.5, 0.6) is 0 Å². The lowest BCUT2D eigenvalue weighted by Crippen LogP contribution is -2.27. The van der Waals surface area contributed by atoms with Gasteiger partial charge in [-0.15, -0.1) is 0 Å². The summed E-state index contributed by atoms with van der Waals surface area (Å²) in [6.45, 7) is 4.13. The van der Waals surface area contributed by atoms with Crippen LogP contribution in [0.4, 0.5) is 5.95 Å². The van der Waals surface area contributed by atoms with Crippen molar-refractivity contribution in [3.8, 4) is 0 Å². The highest BCUT2D eigenvalue weighted by atomic mass is 32.2. The molecular formula is C18H25N5OS. The van der Waals surface area contributed by atoms with Crippen molar-refractivity contribution in [3.63, 3.8) is 0 Å². The maximum Gasteiger partial charge on any atom is 0.258 e. The van der Waals surface area contributed by atoms with Crippen molar-refractivity contribution < 1.29 is 4.79 Å². The van der Waals surface area contributed by atoms with E-state index < -0.39 is 0 Å². The average molecular weight is 359 g/mol. The van der Waals surface area contributed by atoms with Crippen LogP contribution in [0.15, 0.2) is 24.3 Å². The molecular weight excluding hydrogens is 334 g/mol. The first-order valence-corrected chi connectivity index (χ1v) is 9.92. The van der Waals surface area contributed by atoms with Gasteiger partial charge in [0.05, 0.1) is 0 Å². The number of carbonyl (C=O) groups is 1. The first-order chi connectivity index (χ1) is 12.2. The van der Waals surface area contributed by atoms with Crippen LogP contribution in [0.1, 0.15) is 47.4 Å². The summed E-state index contributed by atoms with van der Waals surface area (Å²) >= 11 is 1.87. The van der Waals surface area contributed by atoms with Crippen LogP contribution in [-0.2, 0) is 12.8 Å². The van der Waals surface area contributed by atoms with Crippen molar-refractivity contribution in [2.45, 2.75) is 31.4 Å². The SMILES string of the molecule is CCSCc1ccc(C(=O)Nc2nc(C3CCNCC3)nn2C)cc1. The molecule has 1 fully saturated rings. The van der Waals surface area contributed by atoms with E-state index in [0.29, 0.717) is 17.4 Å². The number of carbonyl (C=O) groups excluding carboxylic acids is 1. The lowest BCUT2D eigenvalue weighted by molar-refractivity contribution is 0.102. The largest absolute Gasteiger partial charge is 0.317 e. The van der Waals surface area contributed by atoms with Crippen LogP contribution in [0.25, 0.3) is 0 Å². The van der Waals surface area contributed by atoms with E-state index in [2.05, 4.69) is 27.6 Å². The number of aromatic nitrogens is 3. The van der Waals surface area contributed by atoms with Gasteiger partial charge in [-0.2, -0.15) is 21.8 Å². The van der Waals surface area contributed by atoms with Gasteiger partial charge in [0, 0.05) is 24.3 Å². The first kappa shape index (κ1) is 17.9. The maximum atomic E-state index is 12.5. The fourth-order valence-corrected chi connectivity index (χ4v) is 3.54. The second-order valence-electron chi connectivity index (χ2n) is 6.23. The molecule has 6 nitrogen and oxygen atoms in total. The minimum absolute atomic E-state index is 0.151. The summed E-state index contributed by atoms with van der Waals surface area (Å²) in [5.74, 6) is 3.61. The van der Waals surface area contributed by atoms with Crippen LogP contribution in [0, 0.1) is 0 Å². The zero-order chi connectivity index (χ0) is 17.6. The monoisotopic (exact) mass is 359 g/mol. The smallest absolute Gasteiger partial charge is 0.258 e. The van der Waals surface area contributed by atoms with Crippen molar-refractivity contribution in [2.75, 3.05) is 24.2 Å². The van der Waals surface area contributed by atoms with Gasteiger partial charge in [-0.25, -0.2) is 4.68 Å². The van der Waals surface area contributed by atoms with Gasteiger partial charge in [0.2, 0.25) is 5.95 Å². The summed E-state index contributed by atoms with van der Waals surface area (Å²) in [7, 11) is 1.82. The number of benzene rings is 1. The summed E-state index contributed by atoms with van der Waals surface area (Å²) in [4.78, 5) is 17.0. The van der Waals surface area contributed by atoms with Crippen LogP contribution < -0.4 is 10.6 Å². The van der Waals surface area contributed by atoms with E-state index in [1.165, 1.54) is 5.56 Å². The van der Waals surface area contributed by atoms with E-state index in [-0.39, 0.29) is 5.91 Å². The number of amides is 1. The van der Waals surface area contributed by atoms with Crippen LogP contribution in [-0.4, -0.2) is 39.5 Å². The van der Waals surface area contributed by atoms with E-state index in [0.717, 1.165) is 43.3 Å². The van der Waals surface area contributed by atoms with Gasteiger partial charge in [0.1, 0.15) is 0 Å². The molecule has 134 valence electrons. The third-order valence-corrected chi connectivity index (χ3v) is 5.34. The lowest BCUT2D eigenvalue weighted by atomic mass is 9.98. The van der Waals surface area contributed by atoms with Gasteiger partial charge < -0.3 is 5.32 Å². The minimum atomic E-state index is -0.151. The number of thioether (sulfide) groups is 1. The van der Waals surface area contributed by atoms with Crippen molar-refractivity contribution >= 4 is 23.6 Å². The van der Waals surface area contributed by atoms with Gasteiger partial charge >= 0.3 is 0 Å². The highest BCUT2D eigenvalue weighted by Crippen LogP contribution is 2.23. The molecule has 1 amide bonds. The van der Waals surface area contributed by atoms with Gasteiger partial charge in [-0.1, -0.05) is 19.1 Å². The molecule has 25 heavy (non-hydrogen) atoms. The molecule has 0 radical (unpaired) electrons. The molecule has 1 aromatic carbocycles. The molecule has 0 atom stereocenters. The molecule has 0 bridgehead atoms. The van der Waals surface area contributed by atoms with Gasteiger partial charge in [0.15, 0.2) is 5.82 Å². The Morgan fingerprint density at radius 1 is 1.32 bits per heavy atom. The van der Waals surface area contributed by atoms with Gasteiger partial charge in [0.25, 0.3) is 5.91 Å². The number of anilines is 1. The molecule has 2 aromatic rings. The summed E-state index contributed by atoms with van der Waals surface area (Å²) in [6, 6.07) is 7.75. The summed E-state index contributed by atoms with van der Waals surface area (Å²) in [6.07, 6.45) is 2.07. The molecule has 1 saturated heterocycles. The molecule has 3 rings (SSSR count). The zero-order valence-corrected chi connectivity index (χ0v) is 15.6. The average Bonchev–Trinajstić information content (AvgIpc) is 3.01. The second kappa shape index (κ2) is 8.49. The molecule has 2 N–H and O–H groups in total. The predicted molar refractivity (Wildman–Crippen MR) is 102 cm³/mol. The van der Waals surface area contributed by atoms with E-state index in [1.54, 1.807) is 4.68 Å². The Morgan fingerprint density at radius 2 is 2.04 bits per heavy atom. The fraction of sp³-hybridized carbons (Fsp3) is 0.500. The number of nitrogens with zero attached hydrogens (tertiary/aromatic N) is 3. The molecule has 2 heterocycles. The Labute approximate surface area is 152 Å². The summed E-state index contributed by atoms with van der Waals surface area (Å²) in [5.41, 5.74) is 1.87. The van der Waals surface area contributed by atoms with Crippen molar-refractivity contribution in [3.05, 3.63) is 41.2 Å². The highest BCUT2D eigenvalue weighted by Gasteiger charge is 2.21. The van der Waals surface area contributed by atoms with E-state index in [9.17, 15) is 4.79 Å². The second-order valence-corrected chi connectivity index (χ2v) is 7.50. The molecule has 1 aliphatic heterocycles. The van der Waals surface area contributed by atoms with E-state index >= 15 is 0 Å². The lowest BCUT2D eigenvalue weighted by Gasteiger charge is -2.19. The number of aryl methyl sites for hydroxylation is 1. The minimum Gasteiger partial charge on any atom is -0.317 e. The third kappa shape index (κ3) is 4.61. The van der Waals surface area contributed by atoms with E-state index in [4.69, 9.17) is 0 Å². The molecule has 0 saturated carbocycles.